The summed E-state index contributed by atoms with van der Waals surface area (Å²) in [6.45, 7) is 0. The molecular formula is C10H14N2O2. The zero-order valence-corrected chi connectivity index (χ0v) is 8.34. The summed E-state index contributed by atoms with van der Waals surface area (Å²) in [5.74, 6) is -0.0886. The summed E-state index contributed by atoms with van der Waals surface area (Å²) >= 11 is 0. The highest BCUT2D eigenvalue weighted by Gasteiger charge is 2.13. The minimum absolute atomic E-state index is 0.0886. The topological polar surface area (TPSA) is 53.4 Å². The van der Waals surface area contributed by atoms with Crippen molar-refractivity contribution in [2.45, 2.75) is 12.5 Å². The molecule has 0 spiro atoms. The lowest BCUT2D eigenvalue weighted by atomic mass is 10.1. The fourth-order valence-electron chi connectivity index (χ4n) is 1.05. The molecule has 14 heavy (non-hydrogen) atoms. The molecule has 1 aromatic rings. The van der Waals surface area contributed by atoms with E-state index in [2.05, 4.69) is 4.98 Å². The molecule has 0 aromatic carbocycles. The Morgan fingerprint density at radius 3 is 2.57 bits per heavy atom. The first kappa shape index (κ1) is 10.7. The van der Waals surface area contributed by atoms with E-state index in [0.29, 0.717) is 0 Å². The molecule has 0 saturated carbocycles. The number of aliphatic hydroxyl groups excluding tert-OH is 1. The molecule has 1 atom stereocenters. The number of aromatic nitrogens is 1. The van der Waals surface area contributed by atoms with Gasteiger partial charge in [0.05, 0.1) is 12.5 Å². The van der Waals surface area contributed by atoms with Gasteiger partial charge in [-0.2, -0.15) is 0 Å². The number of carbonyl (C=O) groups is 1. The Morgan fingerprint density at radius 2 is 2.07 bits per heavy atom. The Labute approximate surface area is 83.2 Å². The normalized spacial score (nSPS) is 12.2. The Bertz CT molecular complexity index is 298. The van der Waals surface area contributed by atoms with Gasteiger partial charge in [0.2, 0.25) is 5.91 Å². The highest BCUT2D eigenvalue weighted by Crippen LogP contribution is 2.15. The van der Waals surface area contributed by atoms with Gasteiger partial charge < -0.3 is 10.0 Å². The van der Waals surface area contributed by atoms with Gasteiger partial charge in [-0.25, -0.2) is 0 Å². The SMILES string of the molecule is CN(C)C(=O)C[C@@H](O)c1ccncc1. The van der Waals surface area contributed by atoms with Crippen LogP contribution in [0.4, 0.5) is 0 Å². The molecule has 0 unspecified atom stereocenters. The van der Waals surface area contributed by atoms with Gasteiger partial charge in [-0.15, -0.1) is 0 Å². The van der Waals surface area contributed by atoms with Gasteiger partial charge >= 0.3 is 0 Å². The number of aliphatic hydroxyl groups is 1. The first-order valence-electron chi connectivity index (χ1n) is 4.39. The lowest BCUT2D eigenvalue weighted by Crippen LogP contribution is -2.23. The molecule has 4 nitrogen and oxygen atoms in total. The minimum Gasteiger partial charge on any atom is -0.388 e. The smallest absolute Gasteiger partial charge is 0.225 e. The summed E-state index contributed by atoms with van der Waals surface area (Å²) < 4.78 is 0. The summed E-state index contributed by atoms with van der Waals surface area (Å²) in [4.78, 5) is 16.6. The van der Waals surface area contributed by atoms with Crippen molar-refractivity contribution in [2.75, 3.05) is 14.1 Å². The van der Waals surface area contributed by atoms with Crippen LogP contribution in [0.3, 0.4) is 0 Å². The molecule has 0 aliphatic rings. The predicted molar refractivity (Wildman–Crippen MR) is 52.5 cm³/mol. The average molecular weight is 194 g/mol. The van der Waals surface area contributed by atoms with Crippen molar-refractivity contribution < 1.29 is 9.90 Å². The van der Waals surface area contributed by atoms with Crippen LogP contribution < -0.4 is 0 Å². The molecule has 1 aromatic heterocycles. The van der Waals surface area contributed by atoms with Gasteiger partial charge in [0.1, 0.15) is 0 Å². The van der Waals surface area contributed by atoms with E-state index in [1.165, 1.54) is 4.90 Å². The average Bonchev–Trinajstić information content (AvgIpc) is 2.19. The second-order valence-electron chi connectivity index (χ2n) is 3.29. The van der Waals surface area contributed by atoms with Gasteiger partial charge in [0, 0.05) is 26.5 Å². The van der Waals surface area contributed by atoms with Crippen molar-refractivity contribution >= 4 is 5.91 Å². The molecule has 1 amide bonds. The Hall–Kier alpha value is -1.42. The second-order valence-corrected chi connectivity index (χ2v) is 3.29. The standard InChI is InChI=1S/C10H14N2O2/c1-12(2)10(14)7-9(13)8-3-5-11-6-4-8/h3-6,9,13H,7H2,1-2H3/t9-/m1/s1. The molecule has 0 fully saturated rings. The monoisotopic (exact) mass is 194 g/mol. The van der Waals surface area contributed by atoms with Crippen LogP contribution in [-0.2, 0) is 4.79 Å². The third kappa shape index (κ3) is 2.81. The number of rotatable bonds is 3. The highest BCUT2D eigenvalue weighted by molar-refractivity contribution is 5.76. The number of hydrogen-bond acceptors (Lipinski definition) is 3. The fraction of sp³-hybridized carbons (Fsp3) is 0.400. The zero-order chi connectivity index (χ0) is 10.6. The largest absolute Gasteiger partial charge is 0.388 e. The molecule has 0 aliphatic carbocycles. The summed E-state index contributed by atoms with van der Waals surface area (Å²) in [7, 11) is 3.34. The van der Waals surface area contributed by atoms with Crippen LogP contribution in [0, 0.1) is 0 Å². The van der Waals surface area contributed by atoms with Crippen molar-refractivity contribution in [1.82, 2.24) is 9.88 Å². The van der Waals surface area contributed by atoms with Gasteiger partial charge in [-0.3, -0.25) is 9.78 Å². The lowest BCUT2D eigenvalue weighted by molar-refractivity contribution is -0.130. The predicted octanol–water partition coefficient (Wildman–Crippen LogP) is 0.593. The first-order chi connectivity index (χ1) is 6.61. The van der Waals surface area contributed by atoms with E-state index < -0.39 is 6.10 Å². The van der Waals surface area contributed by atoms with Crippen molar-refractivity contribution in [3.63, 3.8) is 0 Å². The third-order valence-corrected chi connectivity index (χ3v) is 1.96. The van der Waals surface area contributed by atoms with Crippen molar-refractivity contribution in [1.29, 1.82) is 0 Å². The highest BCUT2D eigenvalue weighted by atomic mass is 16.3. The summed E-state index contributed by atoms with van der Waals surface area (Å²) in [5.41, 5.74) is 0.718. The zero-order valence-electron chi connectivity index (χ0n) is 8.34. The van der Waals surface area contributed by atoms with Crippen molar-refractivity contribution in [3.05, 3.63) is 30.1 Å². The Morgan fingerprint density at radius 1 is 1.50 bits per heavy atom. The maximum Gasteiger partial charge on any atom is 0.225 e. The van der Waals surface area contributed by atoms with E-state index in [1.807, 2.05) is 0 Å². The maximum atomic E-state index is 11.3. The van der Waals surface area contributed by atoms with Gasteiger partial charge in [-0.1, -0.05) is 0 Å². The molecular weight excluding hydrogens is 180 g/mol. The van der Waals surface area contributed by atoms with Gasteiger partial charge in [-0.05, 0) is 17.7 Å². The molecule has 1 N–H and O–H groups in total. The molecule has 0 saturated heterocycles. The molecule has 0 aliphatic heterocycles. The Balaban J connectivity index is 2.59. The number of amides is 1. The van der Waals surface area contributed by atoms with Crippen molar-refractivity contribution in [3.8, 4) is 0 Å². The van der Waals surface area contributed by atoms with Crippen LogP contribution in [-0.4, -0.2) is 35.0 Å². The summed E-state index contributed by atoms with van der Waals surface area (Å²) in [6, 6.07) is 3.40. The molecule has 76 valence electrons. The molecule has 4 heteroatoms. The van der Waals surface area contributed by atoms with Crippen LogP contribution in [0.25, 0.3) is 0 Å². The van der Waals surface area contributed by atoms with E-state index in [4.69, 9.17) is 0 Å². The van der Waals surface area contributed by atoms with Crippen LogP contribution in [0.2, 0.25) is 0 Å². The van der Waals surface area contributed by atoms with E-state index in [1.54, 1.807) is 38.6 Å². The maximum absolute atomic E-state index is 11.3. The molecule has 1 rings (SSSR count). The van der Waals surface area contributed by atoms with Crippen LogP contribution in [0.1, 0.15) is 18.1 Å². The number of carbonyl (C=O) groups excluding carboxylic acids is 1. The molecule has 1 heterocycles. The third-order valence-electron chi connectivity index (χ3n) is 1.96. The van der Waals surface area contributed by atoms with E-state index >= 15 is 0 Å². The molecule has 0 radical (unpaired) electrons. The van der Waals surface area contributed by atoms with Crippen LogP contribution >= 0.6 is 0 Å². The number of hydrogen-bond donors (Lipinski definition) is 1. The quantitative estimate of drug-likeness (QED) is 0.766. The van der Waals surface area contributed by atoms with Crippen molar-refractivity contribution in [2.24, 2.45) is 0 Å². The number of nitrogens with zero attached hydrogens (tertiary/aromatic N) is 2. The van der Waals surface area contributed by atoms with Crippen LogP contribution in [0.5, 0.6) is 0 Å². The first-order valence-corrected chi connectivity index (χ1v) is 4.39. The van der Waals surface area contributed by atoms with E-state index in [0.717, 1.165) is 5.56 Å². The van der Waals surface area contributed by atoms with Gasteiger partial charge in [0.25, 0.3) is 0 Å². The Kier molecular flexibility index (Phi) is 3.59. The summed E-state index contributed by atoms with van der Waals surface area (Å²) in [6.07, 6.45) is 2.56. The second kappa shape index (κ2) is 4.72. The van der Waals surface area contributed by atoms with E-state index in [9.17, 15) is 9.90 Å². The summed E-state index contributed by atoms with van der Waals surface area (Å²) in [5, 5.41) is 9.66. The fourth-order valence-corrected chi connectivity index (χ4v) is 1.05. The van der Waals surface area contributed by atoms with E-state index in [-0.39, 0.29) is 12.3 Å². The molecule has 0 bridgehead atoms. The minimum atomic E-state index is -0.743. The van der Waals surface area contributed by atoms with Gasteiger partial charge in [0.15, 0.2) is 0 Å². The van der Waals surface area contributed by atoms with Crippen LogP contribution in [0.15, 0.2) is 24.5 Å². The lowest BCUT2D eigenvalue weighted by Gasteiger charge is -2.14. The number of pyridine rings is 1.